The Balaban J connectivity index is 1.70. The first-order valence-electron chi connectivity index (χ1n) is 11.6. The van der Waals surface area contributed by atoms with Crippen molar-refractivity contribution in [2.75, 3.05) is 14.2 Å². The van der Waals surface area contributed by atoms with E-state index in [0.29, 0.717) is 17.1 Å². The predicted octanol–water partition coefficient (Wildman–Crippen LogP) is 5.13. The third-order valence-electron chi connectivity index (χ3n) is 6.61. The zero-order valence-electron chi connectivity index (χ0n) is 20.5. The van der Waals surface area contributed by atoms with E-state index in [1.165, 1.54) is 0 Å². The summed E-state index contributed by atoms with van der Waals surface area (Å²) in [5.41, 5.74) is 6.65. The molecule has 0 atom stereocenters. The Bertz CT molecular complexity index is 1940. The van der Waals surface area contributed by atoms with Gasteiger partial charge < -0.3 is 14.0 Å². The lowest BCUT2D eigenvalue weighted by molar-refractivity contribution is 0.393. The van der Waals surface area contributed by atoms with Gasteiger partial charge in [-0.25, -0.2) is 0 Å². The summed E-state index contributed by atoms with van der Waals surface area (Å²) in [7, 11) is 5.09. The summed E-state index contributed by atoms with van der Waals surface area (Å²) in [6, 6.07) is 21.9. The van der Waals surface area contributed by atoms with Crippen LogP contribution >= 0.6 is 0 Å². The monoisotopic (exact) mass is 486 g/mol. The normalized spacial score (nSPS) is 11.8. The van der Waals surface area contributed by atoms with Crippen molar-refractivity contribution in [2.45, 2.75) is 0 Å². The summed E-state index contributed by atoms with van der Waals surface area (Å²) in [5.74, 6) is 1.25. The molecule has 0 aliphatic carbocycles. The van der Waals surface area contributed by atoms with Crippen molar-refractivity contribution in [1.29, 1.82) is 5.26 Å². The maximum absolute atomic E-state index is 9.52. The van der Waals surface area contributed by atoms with E-state index >= 15 is 0 Å². The summed E-state index contributed by atoms with van der Waals surface area (Å²) < 4.78 is 14.9. The number of hydrogen-bond acceptors (Lipinski definition) is 6. The zero-order valence-corrected chi connectivity index (χ0v) is 20.5. The number of methoxy groups -OCH3 is 2. The number of para-hydroxylation sites is 1. The Kier molecular flexibility index (Phi) is 5.31. The molecule has 6 rings (SSSR count). The lowest BCUT2D eigenvalue weighted by atomic mass is 10.0. The zero-order chi connectivity index (χ0) is 25.5. The SMILES string of the molecule is COc1ccc(-n2/c(=N\C#N)n(C)c3cnc4ccc(-c5cnc6ccccc6c5)cc4c32)c(OC)c1. The average molecular weight is 487 g/mol. The summed E-state index contributed by atoms with van der Waals surface area (Å²) in [4.78, 5) is 13.5. The van der Waals surface area contributed by atoms with Crippen LogP contribution in [0.2, 0.25) is 0 Å². The van der Waals surface area contributed by atoms with Crippen molar-refractivity contribution in [3.8, 4) is 34.5 Å². The summed E-state index contributed by atoms with van der Waals surface area (Å²) in [6.07, 6.45) is 5.64. The van der Waals surface area contributed by atoms with Gasteiger partial charge >= 0.3 is 0 Å². The van der Waals surface area contributed by atoms with Crippen LogP contribution in [-0.4, -0.2) is 33.3 Å². The number of pyridine rings is 2. The van der Waals surface area contributed by atoms with E-state index in [1.54, 1.807) is 20.4 Å². The molecule has 0 unspecified atom stereocenters. The number of benzene rings is 3. The molecule has 3 aromatic heterocycles. The van der Waals surface area contributed by atoms with E-state index in [1.807, 2.05) is 71.0 Å². The van der Waals surface area contributed by atoms with E-state index in [9.17, 15) is 5.26 Å². The molecule has 0 radical (unpaired) electrons. The molecular formula is C29H22N6O2. The first kappa shape index (κ1) is 22.3. The molecule has 0 saturated heterocycles. The summed E-state index contributed by atoms with van der Waals surface area (Å²) in [5, 5.41) is 11.5. The highest BCUT2D eigenvalue weighted by Crippen LogP contribution is 2.34. The number of nitrogens with zero attached hydrogens (tertiary/aromatic N) is 6. The number of fused-ring (bicyclic) bond motifs is 4. The first-order valence-corrected chi connectivity index (χ1v) is 11.6. The fourth-order valence-corrected chi connectivity index (χ4v) is 4.78. The van der Waals surface area contributed by atoms with Crippen molar-refractivity contribution < 1.29 is 9.47 Å². The maximum Gasteiger partial charge on any atom is 0.226 e. The number of hydrogen-bond donors (Lipinski definition) is 0. The van der Waals surface area contributed by atoms with E-state index in [0.717, 1.165) is 49.7 Å². The van der Waals surface area contributed by atoms with Crippen LogP contribution < -0.4 is 15.1 Å². The van der Waals surface area contributed by atoms with Gasteiger partial charge in [0.2, 0.25) is 11.8 Å². The van der Waals surface area contributed by atoms with Gasteiger partial charge in [-0.3, -0.25) is 14.5 Å². The summed E-state index contributed by atoms with van der Waals surface area (Å²) >= 11 is 0. The number of nitriles is 1. The van der Waals surface area contributed by atoms with Crippen LogP contribution in [0.1, 0.15) is 0 Å². The predicted molar refractivity (Wildman–Crippen MR) is 143 cm³/mol. The van der Waals surface area contributed by atoms with Gasteiger partial charge in [0.15, 0.2) is 0 Å². The third-order valence-corrected chi connectivity index (χ3v) is 6.61. The molecule has 0 fully saturated rings. The van der Waals surface area contributed by atoms with Crippen molar-refractivity contribution in [1.82, 2.24) is 19.1 Å². The van der Waals surface area contributed by atoms with Crippen LogP contribution in [0.5, 0.6) is 11.5 Å². The van der Waals surface area contributed by atoms with Gasteiger partial charge in [-0.2, -0.15) is 5.26 Å². The molecule has 8 heteroatoms. The molecule has 0 saturated carbocycles. The van der Waals surface area contributed by atoms with E-state index in [2.05, 4.69) is 34.2 Å². The second kappa shape index (κ2) is 8.81. The molecular weight excluding hydrogens is 464 g/mol. The van der Waals surface area contributed by atoms with Crippen molar-refractivity contribution in [3.63, 3.8) is 0 Å². The number of aryl methyl sites for hydroxylation is 1. The molecule has 0 amide bonds. The van der Waals surface area contributed by atoms with Crippen LogP contribution in [0.25, 0.3) is 49.7 Å². The Morgan fingerprint density at radius 1 is 0.865 bits per heavy atom. The lowest BCUT2D eigenvalue weighted by Gasteiger charge is -2.13. The van der Waals surface area contributed by atoms with E-state index in [-0.39, 0.29) is 0 Å². The quantitative estimate of drug-likeness (QED) is 0.322. The van der Waals surface area contributed by atoms with Gasteiger partial charge in [-0.1, -0.05) is 24.3 Å². The lowest BCUT2D eigenvalue weighted by Crippen LogP contribution is -2.23. The number of ether oxygens (including phenoxy) is 2. The second-order valence-electron chi connectivity index (χ2n) is 8.58. The van der Waals surface area contributed by atoms with Crippen LogP contribution in [0.4, 0.5) is 0 Å². The minimum atomic E-state index is 0.452. The highest BCUT2D eigenvalue weighted by molar-refractivity contribution is 6.05. The largest absolute Gasteiger partial charge is 0.497 e. The minimum absolute atomic E-state index is 0.452. The minimum Gasteiger partial charge on any atom is -0.497 e. The second-order valence-corrected chi connectivity index (χ2v) is 8.58. The van der Waals surface area contributed by atoms with Crippen molar-refractivity contribution in [3.05, 3.63) is 84.7 Å². The Morgan fingerprint density at radius 2 is 1.70 bits per heavy atom. The van der Waals surface area contributed by atoms with Gasteiger partial charge in [0.1, 0.15) is 11.5 Å². The standard InChI is InChI=1S/C29H22N6O2/c1-34-26-16-32-24-10-8-18(20-12-19-6-4-5-7-23(19)31-15-20)13-22(24)28(26)35(29(34)33-17-30)25-11-9-21(36-2)14-27(25)37-3/h4-16H,1-3H3/b33-29-. The molecule has 3 aromatic carbocycles. The molecule has 0 spiro atoms. The van der Waals surface area contributed by atoms with Crippen LogP contribution in [0.15, 0.2) is 84.1 Å². The van der Waals surface area contributed by atoms with Gasteiger partial charge in [0, 0.05) is 35.6 Å². The van der Waals surface area contributed by atoms with Crippen LogP contribution in [0, 0.1) is 11.5 Å². The molecule has 8 nitrogen and oxygen atoms in total. The fraction of sp³-hybridized carbons (Fsp3) is 0.103. The number of rotatable bonds is 4. The fourth-order valence-electron chi connectivity index (χ4n) is 4.78. The molecule has 0 aliphatic rings. The molecule has 0 aliphatic heterocycles. The van der Waals surface area contributed by atoms with Crippen LogP contribution in [-0.2, 0) is 7.05 Å². The topological polar surface area (TPSA) is 90.2 Å². The van der Waals surface area contributed by atoms with Gasteiger partial charge in [0.05, 0.1) is 48.2 Å². The highest BCUT2D eigenvalue weighted by atomic mass is 16.5. The number of aromatic nitrogens is 4. The molecule has 3 heterocycles. The molecule has 37 heavy (non-hydrogen) atoms. The summed E-state index contributed by atoms with van der Waals surface area (Å²) in [6.45, 7) is 0. The maximum atomic E-state index is 9.52. The molecule has 0 bridgehead atoms. The smallest absolute Gasteiger partial charge is 0.226 e. The van der Waals surface area contributed by atoms with E-state index in [4.69, 9.17) is 14.5 Å². The van der Waals surface area contributed by atoms with Crippen molar-refractivity contribution >= 4 is 32.8 Å². The number of imidazole rings is 1. The average Bonchev–Trinajstić information content (AvgIpc) is 3.23. The van der Waals surface area contributed by atoms with Gasteiger partial charge in [-0.05, 0) is 42.0 Å². The van der Waals surface area contributed by atoms with E-state index < -0.39 is 0 Å². The Hall–Kier alpha value is -5.16. The Morgan fingerprint density at radius 3 is 2.51 bits per heavy atom. The molecule has 180 valence electrons. The van der Waals surface area contributed by atoms with Gasteiger partial charge in [-0.15, -0.1) is 4.99 Å². The van der Waals surface area contributed by atoms with Crippen molar-refractivity contribution in [2.24, 2.45) is 12.0 Å². The van der Waals surface area contributed by atoms with Crippen LogP contribution in [0.3, 0.4) is 0 Å². The third kappa shape index (κ3) is 3.56. The molecule has 0 N–H and O–H groups in total. The Labute approximate surface area is 212 Å². The highest BCUT2D eigenvalue weighted by Gasteiger charge is 2.19. The molecule has 6 aromatic rings. The van der Waals surface area contributed by atoms with Gasteiger partial charge in [0.25, 0.3) is 0 Å². The first-order chi connectivity index (χ1) is 18.1.